The highest BCUT2D eigenvalue weighted by Crippen LogP contribution is 2.17. The molecule has 2 heteroatoms. The van der Waals surface area contributed by atoms with E-state index in [4.69, 9.17) is 0 Å². The van der Waals surface area contributed by atoms with Crippen molar-refractivity contribution in [1.29, 1.82) is 0 Å². The van der Waals surface area contributed by atoms with Crippen LogP contribution in [-0.4, -0.2) is 37.1 Å². The summed E-state index contributed by atoms with van der Waals surface area (Å²) in [4.78, 5) is 2.65. The summed E-state index contributed by atoms with van der Waals surface area (Å²) in [5.41, 5.74) is 0. The van der Waals surface area contributed by atoms with Gasteiger partial charge in [-0.2, -0.15) is 0 Å². The van der Waals surface area contributed by atoms with Gasteiger partial charge in [0.15, 0.2) is 0 Å². The molecule has 0 spiro atoms. The fourth-order valence-electron chi connectivity index (χ4n) is 2.58. The summed E-state index contributed by atoms with van der Waals surface area (Å²) in [5.74, 6) is 1.62. The summed E-state index contributed by atoms with van der Waals surface area (Å²) in [7, 11) is 0. The van der Waals surface area contributed by atoms with Crippen LogP contribution in [0.2, 0.25) is 0 Å². The number of unbranched alkanes of at least 4 members (excludes halogenated alkanes) is 1. The van der Waals surface area contributed by atoms with E-state index in [1.165, 1.54) is 45.4 Å². The Labute approximate surface area is 102 Å². The summed E-state index contributed by atoms with van der Waals surface area (Å²) in [6.45, 7) is 14.3. The maximum atomic E-state index is 3.72. The number of piperidine rings is 1. The van der Waals surface area contributed by atoms with E-state index in [1.807, 2.05) is 0 Å². The van der Waals surface area contributed by atoms with Crippen molar-refractivity contribution in [3.8, 4) is 0 Å². The van der Waals surface area contributed by atoms with E-state index in [1.54, 1.807) is 0 Å². The molecular weight excluding hydrogens is 196 g/mol. The van der Waals surface area contributed by atoms with Gasteiger partial charge in [-0.3, -0.25) is 0 Å². The molecule has 16 heavy (non-hydrogen) atoms. The molecule has 1 fully saturated rings. The molecule has 1 aliphatic rings. The maximum Gasteiger partial charge on any atom is 0.0198 e. The Hall–Kier alpha value is -0.0800. The molecule has 1 N–H and O–H groups in total. The second kappa shape index (κ2) is 7.29. The van der Waals surface area contributed by atoms with Crippen molar-refractivity contribution in [2.45, 2.75) is 53.0 Å². The zero-order chi connectivity index (χ0) is 12.0. The third-order valence-corrected chi connectivity index (χ3v) is 3.38. The first-order valence-electron chi connectivity index (χ1n) is 7.07. The lowest BCUT2D eigenvalue weighted by Crippen LogP contribution is -2.49. The number of hydrogen-bond donors (Lipinski definition) is 1. The van der Waals surface area contributed by atoms with Crippen molar-refractivity contribution in [3.63, 3.8) is 0 Å². The van der Waals surface area contributed by atoms with Crippen LogP contribution in [0.3, 0.4) is 0 Å². The highest BCUT2D eigenvalue weighted by atomic mass is 15.2. The monoisotopic (exact) mass is 226 g/mol. The lowest BCUT2D eigenvalue weighted by Gasteiger charge is -2.37. The fraction of sp³-hybridized carbons (Fsp3) is 1.00. The minimum absolute atomic E-state index is 0.725. The van der Waals surface area contributed by atoms with Crippen LogP contribution in [0.4, 0.5) is 0 Å². The van der Waals surface area contributed by atoms with Gasteiger partial charge in [0.25, 0.3) is 0 Å². The average molecular weight is 226 g/mol. The zero-order valence-corrected chi connectivity index (χ0v) is 11.6. The molecule has 0 aromatic heterocycles. The summed E-state index contributed by atoms with van der Waals surface area (Å²) in [6, 6.07) is 0.725. The number of rotatable bonds is 6. The SMILES string of the molecule is CCCCN1C[C@H](C)C[C@H](NCC(C)C)C1. The molecular formula is C14H30N2. The van der Waals surface area contributed by atoms with E-state index in [0.29, 0.717) is 0 Å². The van der Waals surface area contributed by atoms with Crippen molar-refractivity contribution in [1.82, 2.24) is 10.2 Å². The van der Waals surface area contributed by atoms with Crippen LogP contribution in [0.25, 0.3) is 0 Å². The quantitative estimate of drug-likeness (QED) is 0.749. The van der Waals surface area contributed by atoms with Crippen LogP contribution in [-0.2, 0) is 0 Å². The smallest absolute Gasteiger partial charge is 0.0198 e. The highest BCUT2D eigenvalue weighted by molar-refractivity contribution is 4.81. The molecule has 2 nitrogen and oxygen atoms in total. The topological polar surface area (TPSA) is 15.3 Å². The van der Waals surface area contributed by atoms with Crippen LogP contribution in [0.5, 0.6) is 0 Å². The lowest BCUT2D eigenvalue weighted by molar-refractivity contribution is 0.146. The summed E-state index contributed by atoms with van der Waals surface area (Å²) in [6.07, 6.45) is 4.02. The van der Waals surface area contributed by atoms with Crippen molar-refractivity contribution >= 4 is 0 Å². The van der Waals surface area contributed by atoms with E-state index in [9.17, 15) is 0 Å². The minimum atomic E-state index is 0.725. The average Bonchev–Trinajstić information content (AvgIpc) is 2.23. The van der Waals surface area contributed by atoms with Crippen molar-refractivity contribution in [2.24, 2.45) is 11.8 Å². The van der Waals surface area contributed by atoms with Gasteiger partial charge < -0.3 is 10.2 Å². The zero-order valence-electron chi connectivity index (χ0n) is 11.6. The highest BCUT2D eigenvalue weighted by Gasteiger charge is 2.23. The van der Waals surface area contributed by atoms with E-state index in [2.05, 4.69) is 37.9 Å². The molecule has 1 heterocycles. The van der Waals surface area contributed by atoms with Gasteiger partial charge in [0, 0.05) is 19.1 Å². The normalized spacial score (nSPS) is 27.6. The predicted octanol–water partition coefficient (Wildman–Crippen LogP) is 2.74. The maximum absolute atomic E-state index is 3.72. The molecule has 1 rings (SSSR count). The van der Waals surface area contributed by atoms with Crippen molar-refractivity contribution < 1.29 is 0 Å². The molecule has 0 unspecified atom stereocenters. The van der Waals surface area contributed by atoms with Crippen LogP contribution in [0.1, 0.15) is 47.0 Å². The molecule has 0 aliphatic carbocycles. The number of nitrogens with one attached hydrogen (secondary N) is 1. The fourth-order valence-corrected chi connectivity index (χ4v) is 2.58. The Morgan fingerprint density at radius 1 is 1.31 bits per heavy atom. The lowest BCUT2D eigenvalue weighted by atomic mass is 9.95. The third-order valence-electron chi connectivity index (χ3n) is 3.38. The molecule has 1 aliphatic heterocycles. The Balaban J connectivity index is 2.29. The Morgan fingerprint density at radius 3 is 2.69 bits per heavy atom. The number of likely N-dealkylation sites (tertiary alicyclic amines) is 1. The largest absolute Gasteiger partial charge is 0.312 e. The van der Waals surface area contributed by atoms with Gasteiger partial charge in [-0.15, -0.1) is 0 Å². The van der Waals surface area contributed by atoms with E-state index >= 15 is 0 Å². The summed E-state index contributed by atoms with van der Waals surface area (Å²) in [5, 5.41) is 3.72. The predicted molar refractivity (Wildman–Crippen MR) is 71.8 cm³/mol. The van der Waals surface area contributed by atoms with E-state index in [0.717, 1.165) is 17.9 Å². The first kappa shape index (κ1) is 14.0. The van der Waals surface area contributed by atoms with E-state index in [-0.39, 0.29) is 0 Å². The standard InChI is InChI=1S/C14H30N2/c1-5-6-7-16-10-13(4)8-14(11-16)15-9-12(2)3/h12-15H,5-11H2,1-4H3/t13-,14+/m1/s1. The van der Waals surface area contributed by atoms with E-state index < -0.39 is 0 Å². The Bertz CT molecular complexity index is 180. The van der Waals surface area contributed by atoms with Gasteiger partial charge in [0.05, 0.1) is 0 Å². The van der Waals surface area contributed by atoms with Gasteiger partial charge in [-0.25, -0.2) is 0 Å². The molecule has 96 valence electrons. The molecule has 2 atom stereocenters. The summed E-state index contributed by atoms with van der Waals surface area (Å²) < 4.78 is 0. The number of nitrogens with zero attached hydrogens (tertiary/aromatic N) is 1. The van der Waals surface area contributed by atoms with Gasteiger partial charge in [-0.1, -0.05) is 34.1 Å². The van der Waals surface area contributed by atoms with Gasteiger partial charge in [-0.05, 0) is 37.8 Å². The molecule has 0 aromatic rings. The van der Waals surface area contributed by atoms with Gasteiger partial charge >= 0.3 is 0 Å². The molecule has 0 radical (unpaired) electrons. The minimum Gasteiger partial charge on any atom is -0.312 e. The molecule has 1 saturated heterocycles. The Kier molecular flexibility index (Phi) is 6.37. The van der Waals surface area contributed by atoms with Gasteiger partial charge in [0.2, 0.25) is 0 Å². The van der Waals surface area contributed by atoms with Crippen LogP contribution in [0, 0.1) is 11.8 Å². The number of hydrogen-bond acceptors (Lipinski definition) is 2. The molecule has 0 aromatic carbocycles. The first-order valence-corrected chi connectivity index (χ1v) is 7.07. The third kappa shape index (κ3) is 5.31. The van der Waals surface area contributed by atoms with Crippen LogP contribution < -0.4 is 5.32 Å². The second-order valence-corrected chi connectivity index (χ2v) is 5.95. The molecule has 0 saturated carbocycles. The van der Waals surface area contributed by atoms with Gasteiger partial charge in [0.1, 0.15) is 0 Å². The van der Waals surface area contributed by atoms with Crippen molar-refractivity contribution in [2.75, 3.05) is 26.2 Å². The molecule has 0 amide bonds. The first-order chi connectivity index (χ1) is 7.61. The molecule has 0 bridgehead atoms. The van der Waals surface area contributed by atoms with Crippen LogP contribution >= 0.6 is 0 Å². The second-order valence-electron chi connectivity index (χ2n) is 5.95. The van der Waals surface area contributed by atoms with Crippen molar-refractivity contribution in [3.05, 3.63) is 0 Å². The Morgan fingerprint density at radius 2 is 2.06 bits per heavy atom. The summed E-state index contributed by atoms with van der Waals surface area (Å²) >= 11 is 0. The van der Waals surface area contributed by atoms with Crippen LogP contribution in [0.15, 0.2) is 0 Å².